The molecule has 1 aromatic heterocycles. The molecule has 0 radical (unpaired) electrons. The van der Waals surface area contributed by atoms with E-state index in [9.17, 15) is 26.4 Å². The average Bonchev–Trinajstić information content (AvgIpc) is 3.17. The number of imidazole rings is 1. The molecule has 1 heterocycles. The largest absolute Gasteiger partial charge is 0.494 e. The Hall–Kier alpha value is -2.83. The smallest absolute Gasteiger partial charge is 0.408 e. The zero-order valence-electron chi connectivity index (χ0n) is 21.2. The maximum Gasteiger partial charge on any atom is 0.408 e. The van der Waals surface area contributed by atoms with Crippen LogP contribution in [0.15, 0.2) is 18.2 Å². The van der Waals surface area contributed by atoms with E-state index < -0.39 is 39.6 Å². The van der Waals surface area contributed by atoms with Gasteiger partial charge in [0.1, 0.15) is 27.5 Å². The molecule has 0 aliphatic heterocycles. The number of anilines is 1. The molecular formula is C24H32F4N4O4S. The average molecular weight is 549 g/mol. The Morgan fingerprint density at radius 3 is 2.43 bits per heavy atom. The van der Waals surface area contributed by atoms with Crippen LogP contribution < -0.4 is 15.4 Å². The number of rotatable bonds is 9. The van der Waals surface area contributed by atoms with Crippen molar-refractivity contribution in [3.63, 3.8) is 0 Å². The molecule has 37 heavy (non-hydrogen) atoms. The lowest BCUT2D eigenvalue weighted by Crippen LogP contribution is -2.34. The first-order valence-corrected chi connectivity index (χ1v) is 14.0. The van der Waals surface area contributed by atoms with E-state index >= 15 is 4.39 Å². The molecule has 3 rings (SSSR count). The number of halogens is 4. The third kappa shape index (κ3) is 6.74. The Morgan fingerprint density at radius 2 is 1.89 bits per heavy atom. The molecule has 1 aliphatic rings. The highest BCUT2D eigenvalue weighted by Gasteiger charge is 2.36. The number of alkyl halides is 3. The Kier molecular flexibility index (Phi) is 8.76. The summed E-state index contributed by atoms with van der Waals surface area (Å²) in [5.41, 5.74) is -0.0862. The van der Waals surface area contributed by atoms with Crippen LogP contribution in [0.3, 0.4) is 0 Å². The van der Waals surface area contributed by atoms with Gasteiger partial charge in [0.25, 0.3) is 5.91 Å². The van der Waals surface area contributed by atoms with Crippen molar-refractivity contribution < 1.29 is 35.5 Å². The zero-order chi connectivity index (χ0) is 27.5. The van der Waals surface area contributed by atoms with Crippen molar-refractivity contribution in [2.24, 2.45) is 5.92 Å². The molecule has 0 saturated heterocycles. The van der Waals surface area contributed by atoms with Crippen molar-refractivity contribution in [3.05, 3.63) is 35.7 Å². The quantitative estimate of drug-likeness (QED) is 0.454. The third-order valence-corrected chi connectivity index (χ3v) is 8.35. The monoisotopic (exact) mass is 548 g/mol. The second-order valence-electron chi connectivity index (χ2n) is 9.33. The topological polar surface area (TPSA) is 102 Å². The molecule has 2 aromatic rings. The molecule has 1 amide bonds. The number of benzene rings is 1. The number of amides is 1. The van der Waals surface area contributed by atoms with E-state index in [4.69, 9.17) is 4.74 Å². The maximum absolute atomic E-state index is 15.5. The number of nitrogens with one attached hydrogen (secondary N) is 2. The normalized spacial score (nSPS) is 19.4. The van der Waals surface area contributed by atoms with E-state index in [1.807, 2.05) is 0 Å². The van der Waals surface area contributed by atoms with Crippen molar-refractivity contribution in [1.82, 2.24) is 14.9 Å². The standard InChI is InChI=1S/C24H32F4N4O4S/c1-5-20-31-21(23(33)29-13-15-6-9-17(10-7-15)37(4,34)35)22(25)32(20)18-11-8-16(12-19(18)36-3)30-14(2)24(26,27)28/h8,11-12,14-15,17,30H,5-7,9-10,13H2,1-4H3,(H,29,33)/t14-,15-,17-/m1/s1. The third-order valence-electron chi connectivity index (χ3n) is 6.67. The predicted octanol–water partition coefficient (Wildman–Crippen LogP) is 4.28. The van der Waals surface area contributed by atoms with E-state index in [1.54, 1.807) is 6.92 Å². The molecule has 0 bridgehead atoms. The van der Waals surface area contributed by atoms with Gasteiger partial charge < -0.3 is 15.4 Å². The Bertz CT molecular complexity index is 1220. The van der Waals surface area contributed by atoms with Gasteiger partial charge in [-0.2, -0.15) is 17.6 Å². The lowest BCUT2D eigenvalue weighted by atomic mass is 9.89. The Labute approximate surface area is 213 Å². The fraction of sp³-hybridized carbons (Fsp3) is 0.583. The van der Waals surface area contributed by atoms with Gasteiger partial charge >= 0.3 is 6.18 Å². The lowest BCUT2D eigenvalue weighted by molar-refractivity contribution is -0.138. The molecule has 206 valence electrons. The van der Waals surface area contributed by atoms with Crippen LogP contribution in [0.5, 0.6) is 5.75 Å². The van der Waals surface area contributed by atoms with E-state index in [0.717, 1.165) is 11.5 Å². The van der Waals surface area contributed by atoms with E-state index in [-0.39, 0.29) is 47.1 Å². The van der Waals surface area contributed by atoms with Crippen LogP contribution in [0.25, 0.3) is 5.69 Å². The zero-order valence-corrected chi connectivity index (χ0v) is 22.0. The first-order chi connectivity index (χ1) is 17.3. The van der Waals surface area contributed by atoms with Crippen LogP contribution >= 0.6 is 0 Å². The van der Waals surface area contributed by atoms with Crippen LogP contribution in [0.2, 0.25) is 0 Å². The SMILES string of the molecule is CCc1nc(C(=O)NC[C@H]2CC[C@H](S(C)(=O)=O)CC2)c(F)n1-c1ccc(N[C@H](C)C(F)(F)F)cc1OC. The first-order valence-electron chi connectivity index (χ1n) is 12.0. The number of hydrogen-bond donors (Lipinski definition) is 2. The molecule has 0 spiro atoms. The molecule has 0 unspecified atom stereocenters. The minimum atomic E-state index is -4.45. The summed E-state index contributed by atoms with van der Waals surface area (Å²) in [6, 6.07) is 2.28. The summed E-state index contributed by atoms with van der Waals surface area (Å²) in [5, 5.41) is 4.67. The number of ether oxygens (including phenoxy) is 1. The fourth-order valence-electron chi connectivity index (χ4n) is 4.44. The number of carbonyl (C=O) groups excluding carboxylic acids is 1. The number of aryl methyl sites for hydroxylation is 1. The summed E-state index contributed by atoms with van der Waals surface area (Å²) in [4.78, 5) is 17.0. The summed E-state index contributed by atoms with van der Waals surface area (Å²) in [7, 11) is -1.79. The maximum atomic E-state index is 15.5. The molecule has 2 N–H and O–H groups in total. The molecule has 1 aliphatic carbocycles. The Balaban J connectivity index is 1.78. The van der Waals surface area contributed by atoms with E-state index in [1.165, 1.54) is 31.6 Å². The first kappa shape index (κ1) is 28.7. The van der Waals surface area contributed by atoms with Gasteiger partial charge in [0.15, 0.2) is 5.69 Å². The number of carbonyl (C=O) groups is 1. The van der Waals surface area contributed by atoms with Gasteiger partial charge in [0, 0.05) is 31.0 Å². The number of hydrogen-bond acceptors (Lipinski definition) is 6. The molecule has 1 aromatic carbocycles. The van der Waals surface area contributed by atoms with Gasteiger partial charge in [-0.05, 0) is 50.7 Å². The highest BCUT2D eigenvalue weighted by atomic mass is 32.2. The number of aromatic nitrogens is 2. The minimum absolute atomic E-state index is 0.0805. The van der Waals surface area contributed by atoms with Crippen LogP contribution in [0, 0.1) is 11.9 Å². The summed E-state index contributed by atoms with van der Waals surface area (Å²) in [6.45, 7) is 2.98. The van der Waals surface area contributed by atoms with Crippen molar-refractivity contribution in [2.75, 3.05) is 25.2 Å². The molecule has 1 fully saturated rings. The molecule has 13 heteroatoms. The summed E-state index contributed by atoms with van der Waals surface area (Å²) < 4.78 is 84.1. The van der Waals surface area contributed by atoms with Gasteiger partial charge in [-0.15, -0.1) is 0 Å². The van der Waals surface area contributed by atoms with Gasteiger partial charge in [0.2, 0.25) is 5.95 Å². The van der Waals surface area contributed by atoms with Gasteiger partial charge in [-0.3, -0.25) is 9.36 Å². The van der Waals surface area contributed by atoms with Crippen molar-refractivity contribution >= 4 is 21.4 Å². The highest BCUT2D eigenvalue weighted by molar-refractivity contribution is 7.91. The second-order valence-corrected chi connectivity index (χ2v) is 11.7. The minimum Gasteiger partial charge on any atom is -0.494 e. The van der Waals surface area contributed by atoms with Crippen molar-refractivity contribution in [1.29, 1.82) is 0 Å². The number of nitrogens with zero attached hydrogens (tertiary/aromatic N) is 2. The molecular weight excluding hydrogens is 516 g/mol. The second kappa shape index (κ2) is 11.3. The fourth-order valence-corrected chi connectivity index (χ4v) is 5.57. The summed E-state index contributed by atoms with van der Waals surface area (Å²) in [6.07, 6.45) is -0.629. The van der Waals surface area contributed by atoms with Crippen molar-refractivity contribution in [3.8, 4) is 11.4 Å². The van der Waals surface area contributed by atoms with E-state index in [0.29, 0.717) is 25.7 Å². The van der Waals surface area contributed by atoms with Gasteiger partial charge in [-0.25, -0.2) is 13.4 Å². The van der Waals surface area contributed by atoms with Gasteiger partial charge in [-0.1, -0.05) is 6.92 Å². The molecule has 1 atom stereocenters. The molecule has 8 nitrogen and oxygen atoms in total. The Morgan fingerprint density at radius 1 is 1.24 bits per heavy atom. The summed E-state index contributed by atoms with van der Waals surface area (Å²) in [5.74, 6) is -1.21. The number of methoxy groups -OCH3 is 1. The highest BCUT2D eigenvalue weighted by Crippen LogP contribution is 2.32. The number of sulfone groups is 1. The van der Waals surface area contributed by atoms with Crippen LogP contribution in [0.1, 0.15) is 55.8 Å². The van der Waals surface area contributed by atoms with Crippen LogP contribution in [-0.2, 0) is 16.3 Å². The van der Waals surface area contributed by atoms with Gasteiger partial charge in [0.05, 0.1) is 18.0 Å². The molecule has 1 saturated carbocycles. The van der Waals surface area contributed by atoms with Crippen molar-refractivity contribution in [2.45, 2.75) is 63.4 Å². The predicted molar refractivity (Wildman–Crippen MR) is 132 cm³/mol. The van der Waals surface area contributed by atoms with Crippen LogP contribution in [0.4, 0.5) is 23.2 Å². The lowest BCUT2D eigenvalue weighted by Gasteiger charge is -2.27. The summed E-state index contributed by atoms with van der Waals surface area (Å²) >= 11 is 0. The van der Waals surface area contributed by atoms with Crippen LogP contribution in [-0.4, -0.2) is 61.3 Å². The van der Waals surface area contributed by atoms with E-state index in [2.05, 4.69) is 15.6 Å².